The highest BCUT2D eigenvalue weighted by atomic mass is 16.4. The van der Waals surface area contributed by atoms with E-state index in [1.807, 2.05) is 24.3 Å². The number of anilines is 2. The zero-order valence-corrected chi connectivity index (χ0v) is 14.1. The van der Waals surface area contributed by atoms with Crippen LogP contribution in [0.1, 0.15) is 11.1 Å². The molecule has 0 saturated heterocycles. The van der Waals surface area contributed by atoms with Gasteiger partial charge < -0.3 is 14.9 Å². The molecule has 2 aromatic carbocycles. The molecule has 0 saturated carbocycles. The largest absolute Gasteiger partial charge is 0.480 e. The average molecular weight is 350 g/mol. The smallest absolute Gasteiger partial charge is 0.325 e. The fourth-order valence-electron chi connectivity index (χ4n) is 3.76. The lowest BCUT2D eigenvalue weighted by molar-refractivity contribution is -0.150. The van der Waals surface area contributed by atoms with Gasteiger partial charge in [0.15, 0.2) is 0 Å². The van der Waals surface area contributed by atoms with Crippen LogP contribution in [0.15, 0.2) is 48.5 Å². The van der Waals surface area contributed by atoms with Crippen LogP contribution in [0.25, 0.3) is 0 Å². The Kier molecular flexibility index (Phi) is 3.95. The molecule has 4 rings (SSSR count). The predicted molar refractivity (Wildman–Crippen MR) is 96.1 cm³/mol. The zero-order chi connectivity index (χ0) is 18.3. The van der Waals surface area contributed by atoms with Gasteiger partial charge in [-0.3, -0.25) is 14.4 Å². The Morgan fingerprint density at radius 2 is 1.19 bits per heavy atom. The topological polar surface area (TPSA) is 77.9 Å². The second kappa shape index (κ2) is 6.29. The summed E-state index contributed by atoms with van der Waals surface area (Å²) in [5.74, 6) is -4.48. The number of carbonyl (C=O) groups excluding carboxylic acids is 2. The van der Waals surface area contributed by atoms with E-state index in [0.717, 1.165) is 11.1 Å². The number of fused-ring (bicyclic) bond motifs is 2. The Labute approximate surface area is 150 Å². The highest BCUT2D eigenvalue weighted by Gasteiger charge is 2.43. The average Bonchev–Trinajstić information content (AvgIpc) is 3.25. The molecule has 0 bridgehead atoms. The molecule has 2 aliphatic rings. The minimum Gasteiger partial charge on any atom is -0.480 e. The van der Waals surface area contributed by atoms with Gasteiger partial charge in [-0.2, -0.15) is 0 Å². The molecular formula is C20H18N2O4. The van der Waals surface area contributed by atoms with Crippen molar-refractivity contribution in [3.63, 3.8) is 0 Å². The molecule has 2 aliphatic heterocycles. The number of amides is 2. The first kappa shape index (κ1) is 16.3. The van der Waals surface area contributed by atoms with Gasteiger partial charge in [-0.25, -0.2) is 0 Å². The number of carbonyl (C=O) groups is 3. The zero-order valence-electron chi connectivity index (χ0n) is 14.1. The molecule has 6 heteroatoms. The third-order valence-electron chi connectivity index (χ3n) is 5.05. The van der Waals surface area contributed by atoms with E-state index >= 15 is 0 Å². The summed E-state index contributed by atoms with van der Waals surface area (Å²) in [5, 5.41) is 9.64. The van der Waals surface area contributed by atoms with Crippen molar-refractivity contribution in [2.45, 2.75) is 12.8 Å². The number of aliphatic carboxylic acids is 1. The fraction of sp³-hybridized carbons (Fsp3) is 0.250. The van der Waals surface area contributed by atoms with Crippen LogP contribution in [0.4, 0.5) is 11.4 Å². The van der Waals surface area contributed by atoms with E-state index in [0.29, 0.717) is 37.3 Å². The molecule has 26 heavy (non-hydrogen) atoms. The van der Waals surface area contributed by atoms with Crippen LogP contribution in [0, 0.1) is 5.92 Å². The molecule has 0 unspecified atom stereocenters. The first-order valence-electron chi connectivity index (χ1n) is 8.59. The second-order valence-corrected chi connectivity index (χ2v) is 6.51. The molecule has 0 aromatic heterocycles. The van der Waals surface area contributed by atoms with Gasteiger partial charge in [0.2, 0.25) is 5.92 Å². The van der Waals surface area contributed by atoms with Crippen molar-refractivity contribution < 1.29 is 19.5 Å². The third-order valence-corrected chi connectivity index (χ3v) is 5.05. The standard InChI is InChI=1S/C20H18N2O4/c23-18(21-11-9-13-5-1-3-7-15(13)21)17(20(25)26)19(24)22-12-10-14-6-2-4-8-16(14)22/h1-8,17H,9-12H2,(H,25,26). The first-order chi connectivity index (χ1) is 12.6. The van der Waals surface area contributed by atoms with E-state index in [-0.39, 0.29) is 0 Å². The quantitative estimate of drug-likeness (QED) is 0.857. The number of para-hydroxylation sites is 2. The minimum atomic E-state index is -1.73. The lowest BCUT2D eigenvalue weighted by Crippen LogP contribution is -2.48. The Balaban J connectivity index is 1.64. The molecular weight excluding hydrogens is 332 g/mol. The third kappa shape index (κ3) is 2.54. The number of carboxylic acids is 1. The molecule has 1 N–H and O–H groups in total. The summed E-state index contributed by atoms with van der Waals surface area (Å²) in [6, 6.07) is 14.8. The summed E-state index contributed by atoms with van der Waals surface area (Å²) in [5.41, 5.74) is 3.37. The SMILES string of the molecule is O=C(O)C(C(=O)N1CCc2ccccc21)C(=O)N1CCc2ccccc21. The van der Waals surface area contributed by atoms with Gasteiger partial charge in [-0.15, -0.1) is 0 Å². The number of carboxylic acid groups (broad SMARTS) is 1. The highest BCUT2D eigenvalue weighted by Crippen LogP contribution is 2.32. The number of hydrogen-bond acceptors (Lipinski definition) is 3. The Morgan fingerprint density at radius 1 is 0.769 bits per heavy atom. The number of hydrogen-bond donors (Lipinski definition) is 1. The highest BCUT2D eigenvalue weighted by molar-refractivity contribution is 6.24. The predicted octanol–water partition coefficient (Wildman–Crippen LogP) is 1.87. The molecule has 132 valence electrons. The van der Waals surface area contributed by atoms with Crippen molar-refractivity contribution in [3.8, 4) is 0 Å². The summed E-state index contributed by atoms with van der Waals surface area (Å²) in [4.78, 5) is 40.6. The number of rotatable bonds is 3. The van der Waals surface area contributed by atoms with E-state index in [2.05, 4.69) is 0 Å². The van der Waals surface area contributed by atoms with Crippen LogP contribution in [-0.4, -0.2) is 36.0 Å². The van der Waals surface area contributed by atoms with Crippen LogP contribution in [0.5, 0.6) is 0 Å². The summed E-state index contributed by atoms with van der Waals surface area (Å²) in [6.07, 6.45) is 1.32. The van der Waals surface area contributed by atoms with Gasteiger partial charge in [0, 0.05) is 24.5 Å². The van der Waals surface area contributed by atoms with Crippen LogP contribution < -0.4 is 9.80 Å². The first-order valence-corrected chi connectivity index (χ1v) is 8.59. The number of benzene rings is 2. The van der Waals surface area contributed by atoms with Crippen LogP contribution in [0.3, 0.4) is 0 Å². The van der Waals surface area contributed by atoms with Crippen molar-refractivity contribution in [3.05, 3.63) is 59.7 Å². The van der Waals surface area contributed by atoms with Crippen LogP contribution in [-0.2, 0) is 27.2 Å². The summed E-state index contributed by atoms with van der Waals surface area (Å²) in [6.45, 7) is 0.789. The molecule has 6 nitrogen and oxygen atoms in total. The van der Waals surface area contributed by atoms with E-state index in [1.165, 1.54) is 9.80 Å². The van der Waals surface area contributed by atoms with Crippen molar-refractivity contribution in [1.82, 2.24) is 0 Å². The van der Waals surface area contributed by atoms with E-state index < -0.39 is 23.7 Å². The molecule has 2 heterocycles. The van der Waals surface area contributed by atoms with Crippen LogP contribution >= 0.6 is 0 Å². The van der Waals surface area contributed by atoms with Gasteiger partial charge in [0.05, 0.1) is 0 Å². The van der Waals surface area contributed by atoms with Gasteiger partial charge >= 0.3 is 5.97 Å². The molecule has 0 fully saturated rings. The van der Waals surface area contributed by atoms with Crippen molar-refractivity contribution in [2.24, 2.45) is 5.92 Å². The molecule has 0 spiro atoms. The maximum absolute atomic E-state index is 13.0. The summed E-state index contributed by atoms with van der Waals surface area (Å²) < 4.78 is 0. The Bertz CT molecular complexity index is 841. The van der Waals surface area contributed by atoms with Crippen LogP contribution in [0.2, 0.25) is 0 Å². The lowest BCUT2D eigenvalue weighted by atomic mass is 10.1. The molecule has 0 atom stereocenters. The van der Waals surface area contributed by atoms with Crippen molar-refractivity contribution in [2.75, 3.05) is 22.9 Å². The van der Waals surface area contributed by atoms with Gasteiger partial charge in [-0.05, 0) is 36.1 Å². The maximum atomic E-state index is 13.0. The van der Waals surface area contributed by atoms with Crippen molar-refractivity contribution in [1.29, 1.82) is 0 Å². The van der Waals surface area contributed by atoms with E-state index in [4.69, 9.17) is 0 Å². The van der Waals surface area contributed by atoms with E-state index in [1.54, 1.807) is 24.3 Å². The molecule has 2 aromatic rings. The maximum Gasteiger partial charge on any atom is 0.325 e. The molecule has 2 amide bonds. The fourth-order valence-corrected chi connectivity index (χ4v) is 3.76. The summed E-state index contributed by atoms with van der Waals surface area (Å²) >= 11 is 0. The normalized spacial score (nSPS) is 15.1. The van der Waals surface area contributed by atoms with Gasteiger partial charge in [0.25, 0.3) is 11.8 Å². The Hall–Kier alpha value is -3.15. The number of nitrogens with zero attached hydrogens (tertiary/aromatic N) is 2. The minimum absolute atomic E-state index is 0.395. The Morgan fingerprint density at radius 3 is 1.62 bits per heavy atom. The molecule has 0 aliphatic carbocycles. The van der Waals surface area contributed by atoms with Crippen molar-refractivity contribution >= 4 is 29.2 Å². The van der Waals surface area contributed by atoms with Gasteiger partial charge in [0.1, 0.15) is 0 Å². The molecule has 0 radical (unpaired) electrons. The second-order valence-electron chi connectivity index (χ2n) is 6.51. The lowest BCUT2D eigenvalue weighted by Gasteiger charge is -2.25. The summed E-state index contributed by atoms with van der Waals surface area (Å²) in [7, 11) is 0. The van der Waals surface area contributed by atoms with Gasteiger partial charge in [-0.1, -0.05) is 36.4 Å². The monoisotopic (exact) mass is 350 g/mol. The van der Waals surface area contributed by atoms with E-state index in [9.17, 15) is 19.5 Å².